The Labute approximate surface area is 50.5 Å². The summed E-state index contributed by atoms with van der Waals surface area (Å²) < 4.78 is 4.91. The lowest BCUT2D eigenvalue weighted by molar-refractivity contribution is -0.0730. The van der Waals surface area contributed by atoms with Crippen LogP contribution >= 0.6 is 0 Å². The molecule has 0 aliphatic heterocycles. The van der Waals surface area contributed by atoms with E-state index in [4.69, 9.17) is 9.84 Å². The van der Waals surface area contributed by atoms with Gasteiger partial charge in [-0.05, 0) is 27.7 Å². The van der Waals surface area contributed by atoms with Gasteiger partial charge in [0.25, 0.3) is 0 Å². The van der Waals surface area contributed by atoms with Crippen LogP contribution in [0.3, 0.4) is 0 Å². The summed E-state index contributed by atoms with van der Waals surface area (Å²) in [5, 5.41) is 8.58. The van der Waals surface area contributed by atoms with Crippen molar-refractivity contribution in [2.24, 2.45) is 0 Å². The second-order valence-corrected chi connectivity index (χ2v) is 2.73. The molecular formula is C6H13O2. The number of aliphatic hydroxyl groups excluding tert-OH is 1. The highest BCUT2D eigenvalue weighted by Gasteiger charge is 2.13. The molecule has 0 heterocycles. The van der Waals surface area contributed by atoms with Crippen LogP contribution in [0.25, 0.3) is 0 Å². The van der Waals surface area contributed by atoms with Gasteiger partial charge in [-0.25, -0.2) is 0 Å². The molecule has 1 N–H and O–H groups in total. The zero-order valence-electron chi connectivity index (χ0n) is 5.86. The predicted molar refractivity (Wildman–Crippen MR) is 31.7 cm³/mol. The number of hydrogen-bond donors (Lipinski definition) is 1. The summed E-state index contributed by atoms with van der Waals surface area (Å²) in [6, 6.07) is 0. The smallest absolute Gasteiger partial charge is 0.218 e. The van der Waals surface area contributed by atoms with Crippen molar-refractivity contribution < 1.29 is 9.84 Å². The van der Waals surface area contributed by atoms with Crippen molar-refractivity contribution in [2.45, 2.75) is 33.3 Å². The highest BCUT2D eigenvalue weighted by molar-refractivity contribution is 4.64. The molecule has 0 saturated carbocycles. The average Bonchev–Trinajstić information content (AvgIpc) is 1.21. The van der Waals surface area contributed by atoms with E-state index >= 15 is 0 Å². The minimum Gasteiger partial charge on any atom is -0.362 e. The van der Waals surface area contributed by atoms with Crippen LogP contribution in [-0.2, 0) is 4.74 Å². The maximum atomic E-state index is 8.58. The summed E-state index contributed by atoms with van der Waals surface area (Å²) in [6.45, 7) is 7.16. The topological polar surface area (TPSA) is 29.5 Å². The SMILES string of the molecule is C[C](O)OC(C)(C)C. The molecule has 0 aromatic rings. The van der Waals surface area contributed by atoms with Crippen molar-refractivity contribution in [3.63, 3.8) is 0 Å². The van der Waals surface area contributed by atoms with E-state index in [2.05, 4.69) is 0 Å². The van der Waals surface area contributed by atoms with Crippen LogP contribution in [0.4, 0.5) is 0 Å². The Kier molecular flexibility index (Phi) is 2.44. The standard InChI is InChI=1S/C6H13O2/c1-5(7)8-6(2,3)4/h7H,1-4H3. The van der Waals surface area contributed by atoms with Crippen LogP contribution in [0, 0.1) is 6.29 Å². The molecule has 49 valence electrons. The molecule has 0 aromatic heterocycles. The Morgan fingerprint density at radius 3 is 1.75 bits per heavy atom. The first-order valence-electron chi connectivity index (χ1n) is 2.63. The number of hydrogen-bond acceptors (Lipinski definition) is 2. The van der Waals surface area contributed by atoms with E-state index in [0.717, 1.165) is 0 Å². The van der Waals surface area contributed by atoms with E-state index in [1.807, 2.05) is 20.8 Å². The fourth-order valence-electron chi connectivity index (χ4n) is 0.443. The molecule has 8 heavy (non-hydrogen) atoms. The molecule has 0 amide bonds. The first kappa shape index (κ1) is 7.92. The molecule has 0 aliphatic carbocycles. The molecule has 0 aromatic carbocycles. The molecule has 0 saturated heterocycles. The van der Waals surface area contributed by atoms with Crippen molar-refractivity contribution in [1.29, 1.82) is 0 Å². The third kappa shape index (κ3) is 5.92. The number of ether oxygens (including phenoxy) is 1. The molecule has 1 radical (unpaired) electrons. The summed E-state index contributed by atoms with van der Waals surface area (Å²) in [5.41, 5.74) is -0.265. The van der Waals surface area contributed by atoms with Gasteiger partial charge in [0.15, 0.2) is 0 Å². The van der Waals surface area contributed by atoms with Crippen molar-refractivity contribution in [2.75, 3.05) is 0 Å². The average molecular weight is 117 g/mol. The van der Waals surface area contributed by atoms with Crippen molar-refractivity contribution in [3.8, 4) is 0 Å². The second kappa shape index (κ2) is 2.46. The molecule has 0 atom stereocenters. The Bertz CT molecular complexity index is 61.4. The Morgan fingerprint density at radius 2 is 1.75 bits per heavy atom. The molecule has 2 heteroatoms. The van der Waals surface area contributed by atoms with Gasteiger partial charge >= 0.3 is 0 Å². The quantitative estimate of drug-likeness (QED) is 0.566. The first-order valence-corrected chi connectivity index (χ1v) is 2.63. The minimum absolute atomic E-state index is 0.0255. The van der Waals surface area contributed by atoms with Gasteiger partial charge in [0.05, 0.1) is 5.60 Å². The molecule has 0 aliphatic rings. The van der Waals surface area contributed by atoms with Crippen LogP contribution < -0.4 is 0 Å². The Hall–Kier alpha value is -0.0800. The second-order valence-electron chi connectivity index (χ2n) is 2.73. The Morgan fingerprint density at radius 1 is 1.38 bits per heavy atom. The fraction of sp³-hybridized carbons (Fsp3) is 0.833. The zero-order chi connectivity index (χ0) is 6.78. The van der Waals surface area contributed by atoms with Crippen molar-refractivity contribution in [3.05, 3.63) is 6.29 Å². The van der Waals surface area contributed by atoms with Crippen LogP contribution in [-0.4, -0.2) is 10.7 Å². The minimum atomic E-state index is -0.265. The van der Waals surface area contributed by atoms with Gasteiger partial charge in [0.2, 0.25) is 6.29 Å². The van der Waals surface area contributed by atoms with Crippen LogP contribution in [0.15, 0.2) is 0 Å². The van der Waals surface area contributed by atoms with E-state index in [1.165, 1.54) is 6.92 Å². The molecule has 0 bridgehead atoms. The molecular weight excluding hydrogens is 104 g/mol. The van der Waals surface area contributed by atoms with Crippen molar-refractivity contribution >= 4 is 0 Å². The maximum Gasteiger partial charge on any atom is 0.218 e. The van der Waals surface area contributed by atoms with Gasteiger partial charge in [0.1, 0.15) is 0 Å². The van der Waals surface area contributed by atoms with E-state index in [0.29, 0.717) is 0 Å². The Balaban J connectivity index is 3.39. The van der Waals surface area contributed by atoms with Crippen LogP contribution in [0.1, 0.15) is 27.7 Å². The number of rotatable bonds is 1. The summed E-state index contributed by atoms with van der Waals surface area (Å²) in [6.07, 6.45) is 0.0255. The van der Waals surface area contributed by atoms with E-state index in [9.17, 15) is 0 Å². The van der Waals surface area contributed by atoms with E-state index in [-0.39, 0.29) is 11.9 Å². The van der Waals surface area contributed by atoms with Crippen LogP contribution in [0.5, 0.6) is 0 Å². The number of aliphatic hydroxyl groups is 1. The first-order chi connectivity index (χ1) is 3.42. The third-order valence-corrected chi connectivity index (χ3v) is 0.454. The highest BCUT2D eigenvalue weighted by Crippen LogP contribution is 2.11. The largest absolute Gasteiger partial charge is 0.362 e. The van der Waals surface area contributed by atoms with Crippen LogP contribution in [0.2, 0.25) is 0 Å². The van der Waals surface area contributed by atoms with E-state index in [1.54, 1.807) is 0 Å². The summed E-state index contributed by atoms with van der Waals surface area (Å²) in [7, 11) is 0. The predicted octanol–water partition coefficient (Wildman–Crippen LogP) is 1.68. The molecule has 0 spiro atoms. The van der Waals surface area contributed by atoms with Crippen molar-refractivity contribution in [1.82, 2.24) is 0 Å². The summed E-state index contributed by atoms with van der Waals surface area (Å²) in [4.78, 5) is 0. The maximum absolute atomic E-state index is 8.58. The summed E-state index contributed by atoms with van der Waals surface area (Å²) >= 11 is 0. The lowest BCUT2D eigenvalue weighted by Crippen LogP contribution is -2.20. The summed E-state index contributed by atoms with van der Waals surface area (Å²) in [5.74, 6) is 0. The molecule has 0 unspecified atom stereocenters. The van der Waals surface area contributed by atoms with Gasteiger partial charge in [-0.15, -0.1) is 0 Å². The fourth-order valence-corrected chi connectivity index (χ4v) is 0.443. The third-order valence-electron chi connectivity index (χ3n) is 0.454. The van der Waals surface area contributed by atoms with Gasteiger partial charge in [-0.3, -0.25) is 0 Å². The van der Waals surface area contributed by atoms with Gasteiger partial charge in [-0.2, -0.15) is 0 Å². The normalized spacial score (nSPS) is 12.8. The van der Waals surface area contributed by atoms with Gasteiger partial charge in [-0.1, -0.05) is 0 Å². The lowest BCUT2D eigenvalue weighted by Gasteiger charge is -2.19. The molecule has 0 fully saturated rings. The monoisotopic (exact) mass is 117 g/mol. The van der Waals surface area contributed by atoms with Gasteiger partial charge < -0.3 is 9.84 Å². The zero-order valence-corrected chi connectivity index (χ0v) is 5.86. The highest BCUT2D eigenvalue weighted by atomic mass is 16.6. The molecule has 0 rings (SSSR count). The molecule has 2 nitrogen and oxygen atoms in total. The van der Waals surface area contributed by atoms with Gasteiger partial charge in [0, 0.05) is 0 Å². The van der Waals surface area contributed by atoms with E-state index < -0.39 is 0 Å². The lowest BCUT2D eigenvalue weighted by atomic mass is 10.2.